The SMILES string of the molecule is Cc1cc(C#N)cc(Sc2n[nH]c(=O)n2C2CC2)n1. The first-order valence-corrected chi connectivity index (χ1v) is 6.72. The molecule has 0 spiro atoms. The van der Waals surface area contributed by atoms with Crippen molar-refractivity contribution in [1.29, 1.82) is 5.26 Å². The molecule has 96 valence electrons. The highest BCUT2D eigenvalue weighted by Crippen LogP contribution is 2.37. The van der Waals surface area contributed by atoms with Crippen LogP contribution in [0.5, 0.6) is 0 Å². The Morgan fingerprint density at radius 1 is 1.53 bits per heavy atom. The Kier molecular flexibility index (Phi) is 2.87. The number of aryl methyl sites for hydroxylation is 1. The number of hydrogen-bond donors (Lipinski definition) is 1. The summed E-state index contributed by atoms with van der Waals surface area (Å²) in [5, 5.41) is 16.7. The fourth-order valence-corrected chi connectivity index (χ4v) is 2.85. The van der Waals surface area contributed by atoms with Crippen LogP contribution in [0.2, 0.25) is 0 Å². The Labute approximate surface area is 113 Å². The first-order valence-electron chi connectivity index (χ1n) is 5.91. The second-order valence-corrected chi connectivity index (χ2v) is 5.45. The van der Waals surface area contributed by atoms with Gasteiger partial charge in [-0.25, -0.2) is 14.9 Å². The van der Waals surface area contributed by atoms with Gasteiger partial charge in [0.05, 0.1) is 11.6 Å². The van der Waals surface area contributed by atoms with Crippen LogP contribution in [0.15, 0.2) is 27.1 Å². The van der Waals surface area contributed by atoms with E-state index >= 15 is 0 Å². The van der Waals surface area contributed by atoms with Crippen LogP contribution < -0.4 is 5.69 Å². The second kappa shape index (κ2) is 4.55. The molecule has 0 bridgehead atoms. The predicted octanol–water partition coefficient (Wildman–Crippen LogP) is 1.63. The van der Waals surface area contributed by atoms with Crippen molar-refractivity contribution in [2.75, 3.05) is 0 Å². The lowest BCUT2D eigenvalue weighted by Crippen LogP contribution is -2.16. The molecule has 7 heteroatoms. The Hall–Kier alpha value is -2.07. The predicted molar refractivity (Wildman–Crippen MR) is 68.9 cm³/mol. The van der Waals surface area contributed by atoms with Crippen molar-refractivity contribution in [3.05, 3.63) is 33.9 Å². The van der Waals surface area contributed by atoms with Crippen LogP contribution in [0.4, 0.5) is 0 Å². The van der Waals surface area contributed by atoms with Crippen molar-refractivity contribution in [2.45, 2.75) is 36.0 Å². The van der Waals surface area contributed by atoms with E-state index < -0.39 is 0 Å². The Morgan fingerprint density at radius 3 is 3.00 bits per heavy atom. The fourth-order valence-electron chi connectivity index (χ4n) is 1.87. The van der Waals surface area contributed by atoms with Gasteiger partial charge in [0.25, 0.3) is 0 Å². The minimum atomic E-state index is -0.182. The maximum Gasteiger partial charge on any atom is 0.344 e. The van der Waals surface area contributed by atoms with Crippen LogP contribution in [-0.4, -0.2) is 19.7 Å². The van der Waals surface area contributed by atoms with E-state index in [0.717, 1.165) is 18.5 Å². The summed E-state index contributed by atoms with van der Waals surface area (Å²) in [5.41, 5.74) is 1.15. The minimum Gasteiger partial charge on any atom is -0.267 e. The highest BCUT2D eigenvalue weighted by Gasteiger charge is 2.28. The summed E-state index contributed by atoms with van der Waals surface area (Å²) in [4.78, 5) is 16.0. The molecule has 0 atom stereocenters. The van der Waals surface area contributed by atoms with Crippen LogP contribution in [0.3, 0.4) is 0 Å². The maximum atomic E-state index is 11.7. The number of aromatic amines is 1. The number of hydrogen-bond acceptors (Lipinski definition) is 5. The smallest absolute Gasteiger partial charge is 0.267 e. The summed E-state index contributed by atoms with van der Waals surface area (Å²) in [6.45, 7) is 1.84. The van der Waals surface area contributed by atoms with Crippen LogP contribution >= 0.6 is 11.8 Å². The van der Waals surface area contributed by atoms with Gasteiger partial charge in [-0.15, -0.1) is 5.10 Å². The van der Waals surface area contributed by atoms with Gasteiger partial charge in [0, 0.05) is 11.7 Å². The molecule has 3 rings (SSSR count). The van der Waals surface area contributed by atoms with E-state index in [-0.39, 0.29) is 11.7 Å². The molecule has 0 amide bonds. The van der Waals surface area contributed by atoms with E-state index in [1.54, 1.807) is 16.7 Å². The first-order chi connectivity index (χ1) is 9.17. The topological polar surface area (TPSA) is 87.4 Å². The van der Waals surface area contributed by atoms with Gasteiger partial charge in [-0.3, -0.25) is 4.57 Å². The van der Waals surface area contributed by atoms with Crippen molar-refractivity contribution < 1.29 is 0 Å². The summed E-state index contributed by atoms with van der Waals surface area (Å²) in [6.07, 6.45) is 2.02. The zero-order valence-electron chi connectivity index (χ0n) is 10.3. The first kappa shape index (κ1) is 12.0. The summed E-state index contributed by atoms with van der Waals surface area (Å²) >= 11 is 1.31. The number of nitriles is 1. The maximum absolute atomic E-state index is 11.7. The largest absolute Gasteiger partial charge is 0.344 e. The molecular formula is C12H11N5OS. The van der Waals surface area contributed by atoms with Gasteiger partial charge in [-0.2, -0.15) is 5.26 Å². The molecule has 6 nitrogen and oxygen atoms in total. The van der Waals surface area contributed by atoms with Crippen LogP contribution in [0.25, 0.3) is 0 Å². The fraction of sp³-hybridized carbons (Fsp3) is 0.333. The van der Waals surface area contributed by atoms with Crippen LogP contribution in [0.1, 0.15) is 30.1 Å². The molecule has 2 heterocycles. The van der Waals surface area contributed by atoms with E-state index in [1.165, 1.54) is 11.8 Å². The van der Waals surface area contributed by atoms with Gasteiger partial charge in [-0.05, 0) is 43.7 Å². The average molecular weight is 273 g/mol. The Bertz CT molecular complexity index is 722. The van der Waals surface area contributed by atoms with E-state index in [2.05, 4.69) is 21.3 Å². The van der Waals surface area contributed by atoms with Gasteiger partial charge >= 0.3 is 5.69 Å². The third-order valence-electron chi connectivity index (χ3n) is 2.84. The average Bonchev–Trinajstić information content (AvgIpc) is 3.14. The van der Waals surface area contributed by atoms with Crippen molar-refractivity contribution in [3.63, 3.8) is 0 Å². The molecule has 1 N–H and O–H groups in total. The van der Waals surface area contributed by atoms with E-state index in [0.29, 0.717) is 15.7 Å². The standard InChI is InChI=1S/C12H11N5OS/c1-7-4-8(6-13)5-10(14-7)19-12-16-15-11(18)17(12)9-2-3-9/h4-5,9H,2-3H2,1H3,(H,15,18). The van der Waals surface area contributed by atoms with Gasteiger partial charge < -0.3 is 0 Å². The lowest BCUT2D eigenvalue weighted by Gasteiger charge is -2.04. The lowest BCUT2D eigenvalue weighted by molar-refractivity contribution is 0.642. The van der Waals surface area contributed by atoms with Gasteiger partial charge in [-0.1, -0.05) is 0 Å². The molecule has 1 saturated carbocycles. The van der Waals surface area contributed by atoms with Crippen molar-refractivity contribution in [2.24, 2.45) is 0 Å². The van der Waals surface area contributed by atoms with Crippen LogP contribution in [0, 0.1) is 18.3 Å². The summed E-state index contributed by atoms with van der Waals surface area (Å²) in [5.74, 6) is 0. The lowest BCUT2D eigenvalue weighted by atomic mass is 10.2. The van der Waals surface area contributed by atoms with Gasteiger partial charge in [0.15, 0.2) is 5.16 Å². The molecule has 0 aliphatic heterocycles. The number of aromatic nitrogens is 4. The number of H-pyrrole nitrogens is 1. The molecule has 0 aromatic carbocycles. The molecule has 19 heavy (non-hydrogen) atoms. The Balaban J connectivity index is 1.95. The summed E-state index contributed by atoms with van der Waals surface area (Å²) in [7, 11) is 0. The van der Waals surface area contributed by atoms with E-state index in [9.17, 15) is 4.79 Å². The summed E-state index contributed by atoms with van der Waals surface area (Å²) < 4.78 is 1.67. The van der Waals surface area contributed by atoms with Crippen molar-refractivity contribution >= 4 is 11.8 Å². The monoisotopic (exact) mass is 273 g/mol. The molecule has 0 unspecified atom stereocenters. The zero-order valence-corrected chi connectivity index (χ0v) is 11.1. The molecule has 0 radical (unpaired) electrons. The number of pyridine rings is 1. The molecule has 0 saturated heterocycles. The zero-order chi connectivity index (χ0) is 13.4. The number of nitrogens with zero attached hydrogens (tertiary/aromatic N) is 4. The third-order valence-corrected chi connectivity index (χ3v) is 3.73. The number of rotatable bonds is 3. The molecule has 1 aliphatic rings. The second-order valence-electron chi connectivity index (χ2n) is 4.46. The highest BCUT2D eigenvalue weighted by molar-refractivity contribution is 7.99. The third kappa shape index (κ3) is 2.39. The molecule has 1 fully saturated rings. The quantitative estimate of drug-likeness (QED) is 0.918. The molecule has 1 aliphatic carbocycles. The Morgan fingerprint density at radius 2 is 2.32 bits per heavy atom. The molecule has 2 aromatic heterocycles. The molecular weight excluding hydrogens is 262 g/mol. The molecule has 2 aromatic rings. The highest BCUT2D eigenvalue weighted by atomic mass is 32.2. The van der Waals surface area contributed by atoms with Crippen molar-refractivity contribution in [1.82, 2.24) is 19.7 Å². The van der Waals surface area contributed by atoms with Crippen molar-refractivity contribution in [3.8, 4) is 6.07 Å². The van der Waals surface area contributed by atoms with Gasteiger partial charge in [0.2, 0.25) is 0 Å². The normalized spacial score (nSPS) is 14.3. The minimum absolute atomic E-state index is 0.182. The van der Waals surface area contributed by atoms with E-state index in [4.69, 9.17) is 5.26 Å². The van der Waals surface area contributed by atoms with Gasteiger partial charge in [0.1, 0.15) is 5.03 Å². The summed E-state index contributed by atoms with van der Waals surface area (Å²) in [6, 6.07) is 5.78. The van der Waals surface area contributed by atoms with Crippen LogP contribution in [-0.2, 0) is 0 Å². The number of nitrogens with one attached hydrogen (secondary N) is 1. The van der Waals surface area contributed by atoms with E-state index in [1.807, 2.05) is 6.92 Å².